The third-order valence-electron chi connectivity index (χ3n) is 3.60. The first-order chi connectivity index (χ1) is 9.45. The van der Waals surface area contributed by atoms with Gasteiger partial charge in [-0.15, -0.1) is 0 Å². The molecule has 1 rings (SSSR count). The van der Waals surface area contributed by atoms with Gasteiger partial charge in [-0.25, -0.2) is 4.79 Å². The molecular formula is C13H22N2O4S. The fourth-order valence-corrected chi connectivity index (χ4v) is 3.08. The Morgan fingerprint density at radius 3 is 2.65 bits per heavy atom. The van der Waals surface area contributed by atoms with Crippen LogP contribution in [-0.2, 0) is 14.4 Å². The molecule has 0 aromatic carbocycles. The number of piperidine rings is 1. The molecule has 2 amide bonds. The van der Waals surface area contributed by atoms with E-state index in [0.29, 0.717) is 24.6 Å². The maximum absolute atomic E-state index is 12.1. The van der Waals surface area contributed by atoms with Crippen LogP contribution in [0.4, 0.5) is 0 Å². The number of aliphatic carboxylic acids is 1. The van der Waals surface area contributed by atoms with Gasteiger partial charge in [0.1, 0.15) is 6.04 Å². The Labute approximate surface area is 123 Å². The summed E-state index contributed by atoms with van der Waals surface area (Å²) >= 11 is 1.30. The molecule has 1 saturated heterocycles. The smallest absolute Gasteiger partial charge is 0.326 e. The topological polar surface area (TPSA) is 101 Å². The van der Waals surface area contributed by atoms with Crippen LogP contribution in [0.1, 0.15) is 32.6 Å². The Balaban J connectivity index is 2.48. The van der Waals surface area contributed by atoms with Crippen LogP contribution in [0.5, 0.6) is 0 Å². The molecule has 0 radical (unpaired) electrons. The first kappa shape index (κ1) is 16.8. The Bertz CT molecular complexity index is 375. The number of hydrogen-bond donors (Lipinski definition) is 2. The monoisotopic (exact) mass is 302 g/mol. The molecule has 0 aliphatic carbocycles. The summed E-state index contributed by atoms with van der Waals surface area (Å²) in [6, 6.07) is -0.706. The Morgan fingerprint density at radius 1 is 1.40 bits per heavy atom. The summed E-state index contributed by atoms with van der Waals surface area (Å²) in [7, 11) is 0. The number of amides is 2. The van der Waals surface area contributed by atoms with Crippen molar-refractivity contribution in [1.29, 1.82) is 0 Å². The van der Waals surface area contributed by atoms with Gasteiger partial charge in [-0.05, 0) is 18.8 Å². The van der Waals surface area contributed by atoms with E-state index < -0.39 is 17.9 Å². The zero-order chi connectivity index (χ0) is 15.1. The predicted octanol–water partition coefficient (Wildman–Crippen LogP) is 0.697. The molecular weight excluding hydrogens is 280 g/mol. The number of carbonyl (C=O) groups excluding carboxylic acids is 2. The van der Waals surface area contributed by atoms with Crippen LogP contribution in [-0.4, -0.2) is 51.9 Å². The van der Waals surface area contributed by atoms with Gasteiger partial charge in [-0.1, -0.05) is 13.3 Å². The largest absolute Gasteiger partial charge is 0.480 e. The van der Waals surface area contributed by atoms with Gasteiger partial charge in [0.05, 0.1) is 5.75 Å². The minimum atomic E-state index is -0.929. The SMILES string of the molecule is CCC1CCN(C(=O)CCSCC(N)=O)C(C(=O)O)C1. The average molecular weight is 302 g/mol. The third-order valence-corrected chi connectivity index (χ3v) is 4.58. The second-order valence-corrected chi connectivity index (χ2v) is 6.11. The molecule has 20 heavy (non-hydrogen) atoms. The second-order valence-electron chi connectivity index (χ2n) is 5.01. The lowest BCUT2D eigenvalue weighted by atomic mass is 9.88. The van der Waals surface area contributed by atoms with Crippen molar-refractivity contribution in [2.24, 2.45) is 11.7 Å². The number of nitrogens with two attached hydrogens (primary N) is 1. The van der Waals surface area contributed by atoms with Crippen molar-refractivity contribution in [2.45, 2.75) is 38.6 Å². The molecule has 7 heteroatoms. The van der Waals surface area contributed by atoms with Crippen molar-refractivity contribution in [3.05, 3.63) is 0 Å². The standard InChI is InChI=1S/C13H22N2O4S/c1-2-9-3-5-15(10(7-9)13(18)19)12(17)4-6-20-8-11(14)16/h9-10H,2-8H2,1H3,(H2,14,16)(H,18,19). The summed E-state index contributed by atoms with van der Waals surface area (Å²) in [6.07, 6.45) is 2.59. The molecule has 6 nitrogen and oxygen atoms in total. The Hall–Kier alpha value is -1.24. The van der Waals surface area contributed by atoms with E-state index in [1.807, 2.05) is 6.92 Å². The molecule has 0 saturated carbocycles. The number of thioether (sulfide) groups is 1. The van der Waals surface area contributed by atoms with Gasteiger partial charge in [0.2, 0.25) is 11.8 Å². The summed E-state index contributed by atoms with van der Waals surface area (Å²) in [5.41, 5.74) is 5.01. The summed E-state index contributed by atoms with van der Waals surface area (Å²) in [5.74, 6) is -0.431. The summed E-state index contributed by atoms with van der Waals surface area (Å²) < 4.78 is 0. The maximum Gasteiger partial charge on any atom is 0.326 e. The van der Waals surface area contributed by atoms with Crippen molar-refractivity contribution < 1.29 is 19.5 Å². The number of nitrogens with zero attached hydrogens (tertiary/aromatic N) is 1. The van der Waals surface area contributed by atoms with E-state index in [1.165, 1.54) is 16.7 Å². The number of primary amides is 1. The van der Waals surface area contributed by atoms with E-state index in [-0.39, 0.29) is 18.1 Å². The van der Waals surface area contributed by atoms with E-state index in [4.69, 9.17) is 5.73 Å². The average Bonchev–Trinajstić information content (AvgIpc) is 2.42. The minimum Gasteiger partial charge on any atom is -0.480 e. The van der Waals surface area contributed by atoms with Crippen LogP contribution in [0.2, 0.25) is 0 Å². The van der Waals surface area contributed by atoms with Crippen molar-refractivity contribution >= 4 is 29.5 Å². The molecule has 0 bridgehead atoms. The van der Waals surface area contributed by atoms with Crippen LogP contribution in [0, 0.1) is 5.92 Å². The Morgan fingerprint density at radius 2 is 2.10 bits per heavy atom. The van der Waals surface area contributed by atoms with Gasteiger partial charge in [0.15, 0.2) is 0 Å². The van der Waals surface area contributed by atoms with Gasteiger partial charge in [0, 0.05) is 18.7 Å². The first-order valence-electron chi connectivity index (χ1n) is 6.84. The van der Waals surface area contributed by atoms with Crippen molar-refractivity contribution in [3.8, 4) is 0 Å². The molecule has 1 aliphatic heterocycles. The van der Waals surface area contributed by atoms with Crippen LogP contribution in [0.3, 0.4) is 0 Å². The van der Waals surface area contributed by atoms with Gasteiger partial charge >= 0.3 is 5.97 Å². The number of rotatable bonds is 7. The number of likely N-dealkylation sites (tertiary alicyclic amines) is 1. The summed E-state index contributed by atoms with van der Waals surface area (Å²) in [5, 5.41) is 9.25. The minimum absolute atomic E-state index is 0.149. The van der Waals surface area contributed by atoms with Crippen molar-refractivity contribution in [1.82, 2.24) is 4.90 Å². The van der Waals surface area contributed by atoms with E-state index in [0.717, 1.165) is 12.8 Å². The van der Waals surface area contributed by atoms with E-state index in [2.05, 4.69) is 0 Å². The normalized spacial score (nSPS) is 22.6. The van der Waals surface area contributed by atoms with Crippen LogP contribution >= 0.6 is 11.8 Å². The molecule has 1 fully saturated rings. The van der Waals surface area contributed by atoms with Gasteiger partial charge < -0.3 is 15.7 Å². The lowest BCUT2D eigenvalue weighted by Crippen LogP contribution is -2.50. The molecule has 3 N–H and O–H groups in total. The fraction of sp³-hybridized carbons (Fsp3) is 0.769. The lowest BCUT2D eigenvalue weighted by Gasteiger charge is -2.37. The molecule has 2 atom stereocenters. The van der Waals surface area contributed by atoms with E-state index >= 15 is 0 Å². The van der Waals surface area contributed by atoms with Crippen LogP contribution < -0.4 is 5.73 Å². The van der Waals surface area contributed by atoms with E-state index in [1.54, 1.807) is 0 Å². The highest BCUT2D eigenvalue weighted by molar-refractivity contribution is 7.99. The van der Waals surface area contributed by atoms with Gasteiger partial charge in [-0.2, -0.15) is 11.8 Å². The lowest BCUT2D eigenvalue weighted by molar-refractivity contribution is -0.153. The number of carboxylic acids is 1. The maximum atomic E-state index is 12.1. The summed E-state index contributed by atoms with van der Waals surface area (Å²) in [6.45, 7) is 2.55. The summed E-state index contributed by atoms with van der Waals surface area (Å²) in [4.78, 5) is 35.4. The zero-order valence-electron chi connectivity index (χ0n) is 11.7. The quantitative estimate of drug-likeness (QED) is 0.674. The van der Waals surface area contributed by atoms with Gasteiger partial charge in [0.25, 0.3) is 0 Å². The van der Waals surface area contributed by atoms with Crippen LogP contribution in [0.15, 0.2) is 0 Å². The number of carboxylic acid groups (broad SMARTS) is 1. The molecule has 0 aromatic heterocycles. The number of hydrogen-bond acceptors (Lipinski definition) is 4. The zero-order valence-corrected chi connectivity index (χ0v) is 12.5. The van der Waals surface area contributed by atoms with E-state index in [9.17, 15) is 19.5 Å². The fourth-order valence-electron chi connectivity index (χ4n) is 2.42. The highest BCUT2D eigenvalue weighted by Gasteiger charge is 2.35. The molecule has 114 valence electrons. The Kier molecular flexibility index (Phi) is 6.84. The van der Waals surface area contributed by atoms with Crippen molar-refractivity contribution in [3.63, 3.8) is 0 Å². The highest BCUT2D eigenvalue weighted by Crippen LogP contribution is 2.26. The second kappa shape index (κ2) is 8.14. The van der Waals surface area contributed by atoms with Gasteiger partial charge in [-0.3, -0.25) is 9.59 Å². The third kappa shape index (κ3) is 5.03. The molecule has 0 aromatic rings. The van der Waals surface area contributed by atoms with Crippen LogP contribution in [0.25, 0.3) is 0 Å². The highest BCUT2D eigenvalue weighted by atomic mass is 32.2. The van der Waals surface area contributed by atoms with Crippen molar-refractivity contribution in [2.75, 3.05) is 18.1 Å². The molecule has 1 heterocycles. The molecule has 1 aliphatic rings. The first-order valence-corrected chi connectivity index (χ1v) is 7.99. The molecule has 0 spiro atoms. The predicted molar refractivity (Wildman–Crippen MR) is 77.3 cm³/mol. The molecule has 2 unspecified atom stereocenters. The number of carbonyl (C=O) groups is 3.